The van der Waals surface area contributed by atoms with Crippen LogP contribution in [0.3, 0.4) is 0 Å². The lowest BCUT2D eigenvalue weighted by molar-refractivity contribution is -0.385. The van der Waals surface area contributed by atoms with Crippen molar-refractivity contribution in [3.63, 3.8) is 0 Å². The number of nitro groups is 1. The summed E-state index contributed by atoms with van der Waals surface area (Å²) in [6.45, 7) is 5.75. The number of hydrogen-bond donors (Lipinski definition) is 1. The van der Waals surface area contributed by atoms with Gasteiger partial charge in [0.1, 0.15) is 5.82 Å². The summed E-state index contributed by atoms with van der Waals surface area (Å²) in [5.41, 5.74) is 0.392. The fourth-order valence-corrected chi connectivity index (χ4v) is 2.81. The molecule has 0 bridgehead atoms. The Morgan fingerprint density at radius 1 is 1.43 bits per heavy atom. The highest BCUT2D eigenvalue weighted by Gasteiger charge is 2.20. The third kappa shape index (κ3) is 4.47. The van der Waals surface area contributed by atoms with E-state index in [0.717, 1.165) is 45.0 Å². The van der Waals surface area contributed by atoms with Crippen molar-refractivity contribution in [2.45, 2.75) is 38.8 Å². The minimum atomic E-state index is -0.458. The van der Waals surface area contributed by atoms with Gasteiger partial charge in [-0.2, -0.15) is 0 Å². The van der Waals surface area contributed by atoms with Gasteiger partial charge >= 0.3 is 0 Å². The van der Waals surface area contributed by atoms with Gasteiger partial charge in [-0.1, -0.05) is 6.92 Å². The molecule has 116 valence electrons. The minimum Gasteiger partial charge on any atom is -0.310 e. The zero-order valence-electron chi connectivity index (χ0n) is 12.3. The van der Waals surface area contributed by atoms with Crippen molar-refractivity contribution in [1.29, 1.82) is 0 Å². The Bertz CT molecular complexity index is 488. The first-order chi connectivity index (χ1) is 10.1. The van der Waals surface area contributed by atoms with Gasteiger partial charge < -0.3 is 10.2 Å². The molecular formula is C15H22FN3O2. The van der Waals surface area contributed by atoms with Crippen LogP contribution >= 0.6 is 0 Å². The number of halogens is 1. The van der Waals surface area contributed by atoms with Gasteiger partial charge in [0, 0.05) is 24.2 Å². The fraction of sp³-hybridized carbons (Fsp3) is 0.600. The molecule has 6 heteroatoms. The van der Waals surface area contributed by atoms with Crippen LogP contribution in [0.5, 0.6) is 0 Å². The number of likely N-dealkylation sites (tertiary alicyclic amines) is 1. The van der Waals surface area contributed by atoms with Crippen LogP contribution in [-0.4, -0.2) is 35.5 Å². The molecule has 0 radical (unpaired) electrons. The van der Waals surface area contributed by atoms with E-state index in [0.29, 0.717) is 18.2 Å². The van der Waals surface area contributed by atoms with Crippen molar-refractivity contribution in [1.82, 2.24) is 10.2 Å². The molecule has 1 N–H and O–H groups in total. The summed E-state index contributed by atoms with van der Waals surface area (Å²) in [5, 5.41) is 14.3. The van der Waals surface area contributed by atoms with Crippen LogP contribution in [0.1, 0.15) is 31.7 Å². The van der Waals surface area contributed by atoms with E-state index in [1.54, 1.807) is 0 Å². The third-order valence-electron chi connectivity index (χ3n) is 3.95. The summed E-state index contributed by atoms with van der Waals surface area (Å²) >= 11 is 0. The highest BCUT2D eigenvalue weighted by atomic mass is 19.1. The molecule has 2 rings (SSSR count). The first kappa shape index (κ1) is 15.9. The van der Waals surface area contributed by atoms with Gasteiger partial charge in [0.25, 0.3) is 5.69 Å². The SMILES string of the molecule is CCCN1CCC(NCc2cc(F)ccc2[N+](=O)[O-])CC1. The maximum atomic E-state index is 13.3. The summed E-state index contributed by atoms with van der Waals surface area (Å²) in [6, 6.07) is 3.96. The molecule has 0 amide bonds. The maximum Gasteiger partial charge on any atom is 0.274 e. The van der Waals surface area contributed by atoms with Gasteiger partial charge in [-0.15, -0.1) is 0 Å². The average Bonchev–Trinajstić information content (AvgIpc) is 2.46. The Hall–Kier alpha value is -1.53. The molecule has 1 fully saturated rings. The second-order valence-corrected chi connectivity index (χ2v) is 5.53. The van der Waals surface area contributed by atoms with Crippen molar-refractivity contribution in [3.05, 3.63) is 39.7 Å². The number of hydrogen-bond acceptors (Lipinski definition) is 4. The fourth-order valence-electron chi connectivity index (χ4n) is 2.81. The van der Waals surface area contributed by atoms with Crippen molar-refractivity contribution in [2.24, 2.45) is 0 Å². The van der Waals surface area contributed by atoms with Crippen molar-refractivity contribution < 1.29 is 9.31 Å². The molecule has 0 spiro atoms. The average molecular weight is 295 g/mol. The summed E-state index contributed by atoms with van der Waals surface area (Å²) < 4.78 is 13.3. The summed E-state index contributed by atoms with van der Waals surface area (Å²) in [6.07, 6.45) is 3.22. The largest absolute Gasteiger partial charge is 0.310 e. The third-order valence-corrected chi connectivity index (χ3v) is 3.95. The van der Waals surface area contributed by atoms with E-state index in [1.807, 2.05) is 0 Å². The van der Waals surface area contributed by atoms with Crippen LogP contribution < -0.4 is 5.32 Å². The second-order valence-electron chi connectivity index (χ2n) is 5.53. The molecule has 5 nitrogen and oxygen atoms in total. The van der Waals surface area contributed by atoms with E-state index >= 15 is 0 Å². The highest BCUT2D eigenvalue weighted by molar-refractivity contribution is 5.40. The van der Waals surface area contributed by atoms with E-state index in [2.05, 4.69) is 17.1 Å². The van der Waals surface area contributed by atoms with Gasteiger partial charge in [0.05, 0.1) is 4.92 Å². The van der Waals surface area contributed by atoms with E-state index in [9.17, 15) is 14.5 Å². The standard InChI is InChI=1S/C15H22FN3O2/c1-2-7-18-8-5-14(6-9-18)17-11-12-10-13(16)3-4-15(12)19(20)21/h3-4,10,14,17H,2,5-9,11H2,1H3. The Kier molecular flexibility index (Phi) is 5.64. The molecule has 0 saturated carbocycles. The maximum absolute atomic E-state index is 13.3. The lowest BCUT2D eigenvalue weighted by Gasteiger charge is -2.32. The topological polar surface area (TPSA) is 58.4 Å². The quantitative estimate of drug-likeness (QED) is 0.647. The van der Waals surface area contributed by atoms with Crippen LogP contribution in [0.4, 0.5) is 10.1 Å². The zero-order chi connectivity index (χ0) is 15.2. The summed E-state index contributed by atoms with van der Waals surface area (Å²) in [7, 11) is 0. The molecule has 1 aliphatic heterocycles. The number of benzene rings is 1. The predicted octanol–water partition coefficient (Wildman–Crippen LogP) is 2.70. The van der Waals surface area contributed by atoms with Crippen molar-refractivity contribution >= 4 is 5.69 Å². The number of rotatable bonds is 6. The van der Waals surface area contributed by atoms with E-state index in [4.69, 9.17) is 0 Å². The summed E-state index contributed by atoms with van der Waals surface area (Å²) in [5.74, 6) is -0.435. The first-order valence-electron chi connectivity index (χ1n) is 7.48. The second kappa shape index (κ2) is 7.47. The van der Waals surface area contributed by atoms with E-state index in [1.165, 1.54) is 12.1 Å². The molecule has 1 saturated heterocycles. The van der Waals surface area contributed by atoms with Crippen LogP contribution in [0.15, 0.2) is 18.2 Å². The number of nitrogens with one attached hydrogen (secondary N) is 1. The Labute approximate surface area is 124 Å². The molecule has 1 aromatic carbocycles. The first-order valence-corrected chi connectivity index (χ1v) is 7.48. The summed E-state index contributed by atoms with van der Waals surface area (Å²) in [4.78, 5) is 12.9. The van der Waals surface area contributed by atoms with Gasteiger partial charge in [0.2, 0.25) is 0 Å². The van der Waals surface area contributed by atoms with Crippen molar-refractivity contribution in [3.8, 4) is 0 Å². The van der Waals surface area contributed by atoms with Crippen LogP contribution in [0.25, 0.3) is 0 Å². The monoisotopic (exact) mass is 295 g/mol. The number of nitrogens with zero attached hydrogens (tertiary/aromatic N) is 2. The molecule has 0 aromatic heterocycles. The number of piperidine rings is 1. The molecule has 0 unspecified atom stereocenters. The molecule has 0 aliphatic carbocycles. The molecule has 1 heterocycles. The predicted molar refractivity (Wildman–Crippen MR) is 79.6 cm³/mol. The van der Waals surface area contributed by atoms with E-state index < -0.39 is 10.7 Å². The Morgan fingerprint density at radius 3 is 2.76 bits per heavy atom. The molecule has 1 aliphatic rings. The van der Waals surface area contributed by atoms with Gasteiger partial charge in [0.15, 0.2) is 0 Å². The number of nitro benzene ring substituents is 1. The zero-order valence-corrected chi connectivity index (χ0v) is 12.3. The lowest BCUT2D eigenvalue weighted by Crippen LogP contribution is -2.42. The minimum absolute atomic E-state index is 0.0210. The molecule has 21 heavy (non-hydrogen) atoms. The van der Waals surface area contributed by atoms with Gasteiger partial charge in [-0.25, -0.2) is 4.39 Å². The highest BCUT2D eigenvalue weighted by Crippen LogP contribution is 2.20. The van der Waals surface area contributed by atoms with Crippen LogP contribution in [0.2, 0.25) is 0 Å². The van der Waals surface area contributed by atoms with Crippen LogP contribution in [-0.2, 0) is 6.54 Å². The van der Waals surface area contributed by atoms with E-state index in [-0.39, 0.29) is 5.69 Å². The molecule has 1 aromatic rings. The molecule has 0 atom stereocenters. The lowest BCUT2D eigenvalue weighted by atomic mass is 10.0. The van der Waals surface area contributed by atoms with Crippen molar-refractivity contribution in [2.75, 3.05) is 19.6 Å². The van der Waals surface area contributed by atoms with Gasteiger partial charge in [-0.3, -0.25) is 10.1 Å². The molecular weight excluding hydrogens is 273 g/mol. The Balaban J connectivity index is 1.89. The van der Waals surface area contributed by atoms with Gasteiger partial charge in [-0.05, 0) is 51.0 Å². The van der Waals surface area contributed by atoms with Crippen LogP contribution in [0, 0.1) is 15.9 Å². The smallest absolute Gasteiger partial charge is 0.274 e. The Morgan fingerprint density at radius 2 is 2.14 bits per heavy atom. The normalized spacial score (nSPS) is 17.0.